The average Bonchev–Trinajstić information content (AvgIpc) is 2.97. The maximum absolute atomic E-state index is 12.2. The summed E-state index contributed by atoms with van der Waals surface area (Å²) in [7, 11) is -3.53. The fourth-order valence-corrected chi connectivity index (χ4v) is 3.99. The van der Waals surface area contributed by atoms with Crippen molar-refractivity contribution in [1.82, 2.24) is 5.32 Å². The van der Waals surface area contributed by atoms with Gasteiger partial charge in [-0.15, -0.1) is 0 Å². The average molecular weight is 346 g/mol. The van der Waals surface area contributed by atoms with Crippen LogP contribution in [0.1, 0.15) is 25.3 Å². The molecule has 2 atom stereocenters. The minimum Gasteiger partial charge on any atom is -0.377 e. The maximum Gasteiger partial charge on any atom is 0.238 e. The van der Waals surface area contributed by atoms with Crippen LogP contribution in [0, 0.1) is 0 Å². The first-order valence-electron chi connectivity index (χ1n) is 7.24. The van der Waals surface area contributed by atoms with Gasteiger partial charge >= 0.3 is 0 Å². The van der Waals surface area contributed by atoms with Crippen LogP contribution in [-0.2, 0) is 25.9 Å². The molecule has 1 heterocycles. The van der Waals surface area contributed by atoms with Crippen LogP contribution in [0.5, 0.6) is 0 Å². The van der Waals surface area contributed by atoms with Crippen molar-refractivity contribution < 1.29 is 17.9 Å². The first kappa shape index (κ1) is 17.2. The summed E-state index contributed by atoms with van der Waals surface area (Å²) in [5, 5.41) is 2.07. The Hall–Kier alpha value is -1.11. The lowest BCUT2D eigenvalue weighted by molar-refractivity contribution is -0.120. The molecule has 1 aliphatic rings. The van der Waals surface area contributed by atoms with Gasteiger partial charge in [-0.3, -0.25) is 4.79 Å². The quantitative estimate of drug-likeness (QED) is 0.855. The number of hydrogen-bond donors (Lipinski definition) is 1. The lowest BCUT2D eigenvalue weighted by Gasteiger charge is -2.16. The summed E-state index contributed by atoms with van der Waals surface area (Å²) in [6.07, 6.45) is 1.31. The molecule has 2 rings (SSSR count). The minimum absolute atomic E-state index is 0.103. The van der Waals surface area contributed by atoms with Gasteiger partial charge in [-0.05, 0) is 31.4 Å². The highest BCUT2D eigenvalue weighted by Gasteiger charge is 2.32. The largest absolute Gasteiger partial charge is 0.377 e. The molecule has 7 heteroatoms. The Morgan fingerprint density at radius 2 is 2.18 bits per heavy atom. The summed E-state index contributed by atoms with van der Waals surface area (Å²) in [4.78, 5) is 12.1. The zero-order valence-corrected chi connectivity index (χ0v) is 14.0. The van der Waals surface area contributed by atoms with E-state index in [-0.39, 0.29) is 18.4 Å². The van der Waals surface area contributed by atoms with Gasteiger partial charge in [0.2, 0.25) is 5.91 Å². The third-order valence-electron chi connectivity index (χ3n) is 3.76. The van der Waals surface area contributed by atoms with E-state index in [2.05, 4.69) is 5.32 Å². The number of carbonyl (C=O) groups is 1. The van der Waals surface area contributed by atoms with Crippen LogP contribution in [0.2, 0.25) is 5.02 Å². The van der Waals surface area contributed by atoms with Crippen LogP contribution in [0.4, 0.5) is 0 Å². The number of nitrogens with one attached hydrogen (secondary N) is 1. The fourth-order valence-electron chi connectivity index (χ4n) is 2.31. The number of ether oxygens (including phenoxy) is 1. The number of benzene rings is 1. The molecule has 1 aromatic rings. The van der Waals surface area contributed by atoms with Crippen molar-refractivity contribution >= 4 is 27.3 Å². The van der Waals surface area contributed by atoms with E-state index in [1.807, 2.05) is 6.07 Å². The fraction of sp³-hybridized carbons (Fsp3) is 0.533. The monoisotopic (exact) mass is 345 g/mol. The number of carbonyl (C=O) groups excluding carboxylic acids is 1. The van der Waals surface area contributed by atoms with Crippen LogP contribution in [0.3, 0.4) is 0 Å². The highest BCUT2D eigenvalue weighted by atomic mass is 35.5. The van der Waals surface area contributed by atoms with E-state index in [0.717, 1.165) is 18.4 Å². The predicted octanol–water partition coefficient (Wildman–Crippen LogP) is 1.94. The van der Waals surface area contributed by atoms with E-state index >= 15 is 0 Å². The Morgan fingerprint density at radius 1 is 1.45 bits per heavy atom. The Kier molecular flexibility index (Phi) is 5.83. The van der Waals surface area contributed by atoms with Crippen molar-refractivity contribution in [3.05, 3.63) is 34.9 Å². The van der Waals surface area contributed by atoms with E-state index in [9.17, 15) is 13.2 Å². The third kappa shape index (κ3) is 4.44. The molecule has 22 heavy (non-hydrogen) atoms. The molecule has 5 nitrogen and oxygen atoms in total. The van der Waals surface area contributed by atoms with Crippen molar-refractivity contribution in [3.63, 3.8) is 0 Å². The highest BCUT2D eigenvalue weighted by molar-refractivity contribution is 7.92. The molecule has 1 saturated heterocycles. The van der Waals surface area contributed by atoms with Gasteiger partial charge < -0.3 is 10.1 Å². The molecule has 0 unspecified atom stereocenters. The van der Waals surface area contributed by atoms with Crippen LogP contribution in [0.15, 0.2) is 24.3 Å². The van der Waals surface area contributed by atoms with Crippen molar-refractivity contribution in [1.29, 1.82) is 0 Å². The Labute approximate surface area is 135 Å². The summed E-state index contributed by atoms with van der Waals surface area (Å²) in [6, 6.07) is 7.11. The Morgan fingerprint density at radius 3 is 2.82 bits per heavy atom. The summed E-state index contributed by atoms with van der Waals surface area (Å²) in [5.41, 5.74) is 0.751. The molecule has 1 N–H and O–H groups in total. The number of hydrogen-bond acceptors (Lipinski definition) is 4. The second-order valence-electron chi connectivity index (χ2n) is 5.42. The molecule has 0 bridgehead atoms. The highest BCUT2D eigenvalue weighted by Crippen LogP contribution is 2.17. The molecule has 122 valence electrons. The topological polar surface area (TPSA) is 72.5 Å². The molecule has 1 aliphatic heterocycles. The van der Waals surface area contributed by atoms with Crippen molar-refractivity contribution in [2.24, 2.45) is 0 Å². The van der Waals surface area contributed by atoms with E-state index in [1.165, 1.54) is 6.92 Å². The predicted molar refractivity (Wildman–Crippen MR) is 85.5 cm³/mol. The standard InChI is InChI=1S/C15H20ClNO4S/c1-11(22(19,20)10-13-6-4-8-21-13)15(18)17-9-12-5-2-3-7-14(12)16/h2-3,5,7,11,13H,4,6,8-10H2,1H3,(H,17,18)/t11-,13-/m1/s1. The van der Waals surface area contributed by atoms with E-state index in [1.54, 1.807) is 18.2 Å². The lowest BCUT2D eigenvalue weighted by Crippen LogP contribution is -2.40. The molecule has 1 aromatic carbocycles. The van der Waals surface area contributed by atoms with Crippen LogP contribution in [0.25, 0.3) is 0 Å². The van der Waals surface area contributed by atoms with Crippen molar-refractivity contribution in [2.45, 2.75) is 37.7 Å². The summed E-state index contributed by atoms with van der Waals surface area (Å²) < 4.78 is 29.8. The third-order valence-corrected chi connectivity index (χ3v) is 6.26. The Bertz CT molecular complexity index is 626. The summed E-state index contributed by atoms with van der Waals surface area (Å²) in [5.74, 6) is -0.619. The second-order valence-corrected chi connectivity index (χ2v) is 8.19. The molecular weight excluding hydrogens is 326 g/mol. The molecule has 0 saturated carbocycles. The van der Waals surface area contributed by atoms with Gasteiger partial charge in [0.1, 0.15) is 5.25 Å². The van der Waals surface area contributed by atoms with Crippen molar-refractivity contribution in [3.8, 4) is 0 Å². The molecule has 0 radical (unpaired) electrons. The molecular formula is C15H20ClNO4S. The van der Waals surface area contributed by atoms with Gasteiger partial charge in [0.25, 0.3) is 0 Å². The summed E-state index contributed by atoms with van der Waals surface area (Å²) >= 11 is 6.00. The maximum atomic E-state index is 12.2. The molecule has 0 spiro atoms. The number of halogens is 1. The smallest absolute Gasteiger partial charge is 0.238 e. The van der Waals surface area contributed by atoms with E-state index < -0.39 is 21.0 Å². The first-order valence-corrected chi connectivity index (χ1v) is 9.34. The van der Waals surface area contributed by atoms with E-state index in [0.29, 0.717) is 11.6 Å². The van der Waals surface area contributed by atoms with Crippen LogP contribution in [-0.4, -0.2) is 38.0 Å². The summed E-state index contributed by atoms with van der Waals surface area (Å²) in [6.45, 7) is 2.21. The molecule has 1 amide bonds. The van der Waals surface area contributed by atoms with Gasteiger partial charge in [0.15, 0.2) is 9.84 Å². The lowest BCUT2D eigenvalue weighted by atomic mass is 10.2. The van der Waals surface area contributed by atoms with Gasteiger partial charge in [-0.1, -0.05) is 29.8 Å². The van der Waals surface area contributed by atoms with Gasteiger partial charge in [0.05, 0.1) is 11.9 Å². The molecule has 0 aliphatic carbocycles. The van der Waals surface area contributed by atoms with E-state index in [4.69, 9.17) is 16.3 Å². The van der Waals surface area contributed by atoms with Crippen molar-refractivity contribution in [2.75, 3.05) is 12.4 Å². The minimum atomic E-state index is -3.53. The first-order chi connectivity index (χ1) is 10.4. The van der Waals surface area contributed by atoms with Gasteiger partial charge in [0, 0.05) is 18.2 Å². The number of sulfone groups is 1. The number of rotatable bonds is 6. The molecule has 1 fully saturated rings. The number of amides is 1. The molecule has 0 aromatic heterocycles. The van der Waals surface area contributed by atoms with Crippen LogP contribution >= 0.6 is 11.6 Å². The SMILES string of the molecule is C[C@H](C(=O)NCc1ccccc1Cl)S(=O)(=O)C[C@H]1CCCO1. The normalized spacial score (nSPS) is 19.8. The van der Waals surface area contributed by atoms with Crippen LogP contribution < -0.4 is 5.32 Å². The zero-order chi connectivity index (χ0) is 16.2. The Balaban J connectivity index is 1.92. The second kappa shape index (κ2) is 7.44. The van der Waals surface area contributed by atoms with Gasteiger partial charge in [-0.25, -0.2) is 8.42 Å². The zero-order valence-electron chi connectivity index (χ0n) is 12.4. The van der Waals surface area contributed by atoms with Gasteiger partial charge in [-0.2, -0.15) is 0 Å².